The van der Waals surface area contributed by atoms with E-state index < -0.39 is 0 Å². The van der Waals surface area contributed by atoms with Crippen molar-refractivity contribution in [3.8, 4) is 0 Å². The van der Waals surface area contributed by atoms with E-state index in [0.29, 0.717) is 12.2 Å². The molecule has 0 amide bonds. The number of rotatable bonds is 8. The van der Waals surface area contributed by atoms with Crippen molar-refractivity contribution in [3.63, 3.8) is 0 Å². The molecule has 0 aliphatic rings. The molecule has 0 fully saturated rings. The van der Waals surface area contributed by atoms with Crippen molar-refractivity contribution in [1.82, 2.24) is 0 Å². The minimum atomic E-state index is 0.340. The maximum atomic E-state index is 12.6. The van der Waals surface area contributed by atoms with Gasteiger partial charge in [0.1, 0.15) is 0 Å². The summed E-state index contributed by atoms with van der Waals surface area (Å²) in [5, 5.41) is 0. The third-order valence-electron chi connectivity index (χ3n) is 5.04. The second-order valence-electron chi connectivity index (χ2n) is 6.44. The molecule has 0 radical (unpaired) electrons. The van der Waals surface area contributed by atoms with Crippen LogP contribution in [-0.2, 0) is 0 Å². The Balaban J connectivity index is 2.71. The summed E-state index contributed by atoms with van der Waals surface area (Å²) in [6, 6.07) is 0. The molecule has 1 rings (SSSR count). The Morgan fingerprint density at radius 3 is 1.62 bits per heavy atom. The SMILES string of the molecule is CCCCCCCCC(=O)c1c(C)c(C)c(C)c(C)c1C. The first kappa shape index (κ1) is 17.9. The summed E-state index contributed by atoms with van der Waals surface area (Å²) in [6.45, 7) is 12.9. The predicted octanol–water partition coefficient (Wildman–Crippen LogP) is 6.16. The zero-order valence-corrected chi connectivity index (χ0v) is 14.9. The highest BCUT2D eigenvalue weighted by Gasteiger charge is 2.17. The van der Waals surface area contributed by atoms with E-state index in [0.717, 1.165) is 12.0 Å². The van der Waals surface area contributed by atoms with Crippen LogP contribution in [0, 0.1) is 34.6 Å². The molecule has 118 valence electrons. The maximum Gasteiger partial charge on any atom is 0.163 e. The van der Waals surface area contributed by atoms with E-state index in [2.05, 4.69) is 41.5 Å². The van der Waals surface area contributed by atoms with E-state index in [1.807, 2.05) is 0 Å². The Hall–Kier alpha value is -1.11. The number of benzene rings is 1. The second kappa shape index (κ2) is 8.36. The van der Waals surface area contributed by atoms with Crippen molar-refractivity contribution >= 4 is 5.78 Å². The Morgan fingerprint density at radius 1 is 0.667 bits per heavy atom. The van der Waals surface area contributed by atoms with Crippen molar-refractivity contribution in [2.75, 3.05) is 0 Å². The minimum Gasteiger partial charge on any atom is -0.294 e. The molecule has 0 bridgehead atoms. The molecule has 0 heterocycles. The molecule has 0 saturated carbocycles. The summed E-state index contributed by atoms with van der Waals surface area (Å²) in [4.78, 5) is 12.6. The Morgan fingerprint density at radius 2 is 1.10 bits per heavy atom. The third kappa shape index (κ3) is 4.43. The second-order valence-corrected chi connectivity index (χ2v) is 6.44. The molecule has 1 aromatic carbocycles. The summed E-state index contributed by atoms with van der Waals surface area (Å²) in [7, 11) is 0. The van der Waals surface area contributed by atoms with Crippen LogP contribution in [-0.4, -0.2) is 5.78 Å². The lowest BCUT2D eigenvalue weighted by atomic mass is 9.86. The van der Waals surface area contributed by atoms with Crippen LogP contribution in [0.2, 0.25) is 0 Å². The summed E-state index contributed by atoms with van der Waals surface area (Å²) < 4.78 is 0. The standard InChI is InChI=1S/C20H32O/c1-7-8-9-10-11-12-13-19(21)20-17(5)15(3)14(2)16(4)18(20)6/h7-13H2,1-6H3. The summed E-state index contributed by atoms with van der Waals surface area (Å²) in [5.74, 6) is 0.340. The van der Waals surface area contributed by atoms with Gasteiger partial charge in [-0.2, -0.15) is 0 Å². The lowest BCUT2D eigenvalue weighted by Crippen LogP contribution is -2.09. The highest BCUT2D eigenvalue weighted by atomic mass is 16.1. The van der Waals surface area contributed by atoms with E-state index in [-0.39, 0.29) is 0 Å². The van der Waals surface area contributed by atoms with Gasteiger partial charge in [0, 0.05) is 12.0 Å². The van der Waals surface area contributed by atoms with Gasteiger partial charge in [-0.1, -0.05) is 39.0 Å². The van der Waals surface area contributed by atoms with Crippen molar-refractivity contribution in [2.24, 2.45) is 0 Å². The molecule has 1 aromatic rings. The van der Waals surface area contributed by atoms with Crippen LogP contribution in [0.5, 0.6) is 0 Å². The van der Waals surface area contributed by atoms with Crippen LogP contribution in [0.15, 0.2) is 0 Å². The molecular formula is C20H32O. The van der Waals surface area contributed by atoms with Crippen molar-refractivity contribution in [3.05, 3.63) is 33.4 Å². The summed E-state index contributed by atoms with van der Waals surface area (Å²) >= 11 is 0. The Bertz CT molecular complexity index is 468. The molecule has 0 unspecified atom stereocenters. The topological polar surface area (TPSA) is 17.1 Å². The number of carbonyl (C=O) groups excluding carboxylic acids is 1. The molecule has 0 spiro atoms. The number of hydrogen-bond donors (Lipinski definition) is 0. The highest BCUT2D eigenvalue weighted by Crippen LogP contribution is 2.27. The molecule has 0 N–H and O–H groups in total. The largest absolute Gasteiger partial charge is 0.294 e. The number of unbranched alkanes of at least 4 members (excludes halogenated alkanes) is 5. The lowest BCUT2D eigenvalue weighted by Gasteiger charge is -2.17. The molecule has 0 aliphatic carbocycles. The van der Waals surface area contributed by atoms with Gasteiger partial charge in [-0.05, 0) is 68.9 Å². The first-order valence-electron chi connectivity index (χ1n) is 8.51. The number of carbonyl (C=O) groups is 1. The van der Waals surface area contributed by atoms with Gasteiger partial charge in [-0.3, -0.25) is 4.79 Å². The molecule has 0 aliphatic heterocycles. The normalized spacial score (nSPS) is 11.0. The Labute approximate surface area is 131 Å². The van der Waals surface area contributed by atoms with E-state index in [9.17, 15) is 4.79 Å². The van der Waals surface area contributed by atoms with Gasteiger partial charge < -0.3 is 0 Å². The molecule has 0 aromatic heterocycles. The van der Waals surface area contributed by atoms with Crippen LogP contribution in [0.3, 0.4) is 0 Å². The molecule has 1 heteroatoms. The van der Waals surface area contributed by atoms with E-state index in [1.54, 1.807) is 0 Å². The average molecular weight is 288 g/mol. The van der Waals surface area contributed by atoms with Gasteiger partial charge >= 0.3 is 0 Å². The quantitative estimate of drug-likeness (QED) is 0.413. The molecule has 1 nitrogen and oxygen atoms in total. The van der Waals surface area contributed by atoms with E-state index in [4.69, 9.17) is 0 Å². The van der Waals surface area contributed by atoms with Crippen molar-refractivity contribution in [1.29, 1.82) is 0 Å². The zero-order chi connectivity index (χ0) is 16.0. The zero-order valence-electron chi connectivity index (χ0n) is 14.9. The van der Waals surface area contributed by atoms with Crippen LogP contribution in [0.25, 0.3) is 0 Å². The highest BCUT2D eigenvalue weighted by molar-refractivity contribution is 5.99. The molecular weight excluding hydrogens is 256 g/mol. The number of ketones is 1. The van der Waals surface area contributed by atoms with E-state index >= 15 is 0 Å². The number of Topliss-reactive ketones (excluding diaryl/α,β-unsaturated/α-hetero) is 1. The fourth-order valence-electron chi connectivity index (χ4n) is 3.11. The summed E-state index contributed by atoms with van der Waals surface area (Å²) in [6.07, 6.45) is 8.11. The van der Waals surface area contributed by atoms with Gasteiger partial charge in [0.15, 0.2) is 5.78 Å². The van der Waals surface area contributed by atoms with Gasteiger partial charge in [-0.25, -0.2) is 0 Å². The Kier molecular flexibility index (Phi) is 7.14. The average Bonchev–Trinajstić information content (AvgIpc) is 2.47. The van der Waals surface area contributed by atoms with Crippen LogP contribution >= 0.6 is 0 Å². The lowest BCUT2D eigenvalue weighted by molar-refractivity contribution is 0.0977. The maximum absolute atomic E-state index is 12.6. The first-order chi connectivity index (χ1) is 9.91. The van der Waals surface area contributed by atoms with Crippen molar-refractivity contribution in [2.45, 2.75) is 86.5 Å². The fourth-order valence-corrected chi connectivity index (χ4v) is 3.11. The first-order valence-corrected chi connectivity index (χ1v) is 8.51. The van der Waals surface area contributed by atoms with Gasteiger partial charge in [0.05, 0.1) is 0 Å². The van der Waals surface area contributed by atoms with Crippen LogP contribution < -0.4 is 0 Å². The molecule has 21 heavy (non-hydrogen) atoms. The van der Waals surface area contributed by atoms with Crippen LogP contribution in [0.4, 0.5) is 0 Å². The predicted molar refractivity (Wildman–Crippen MR) is 92.5 cm³/mol. The molecule has 0 saturated heterocycles. The smallest absolute Gasteiger partial charge is 0.163 e. The van der Waals surface area contributed by atoms with Gasteiger partial charge in [0.2, 0.25) is 0 Å². The third-order valence-corrected chi connectivity index (χ3v) is 5.04. The van der Waals surface area contributed by atoms with Crippen LogP contribution in [0.1, 0.15) is 90.0 Å². The van der Waals surface area contributed by atoms with Gasteiger partial charge in [-0.15, -0.1) is 0 Å². The summed E-state index contributed by atoms with van der Waals surface area (Å²) in [5.41, 5.74) is 7.26. The van der Waals surface area contributed by atoms with Crippen molar-refractivity contribution < 1.29 is 4.79 Å². The molecule has 0 atom stereocenters. The van der Waals surface area contributed by atoms with E-state index in [1.165, 1.54) is 59.9 Å². The monoisotopic (exact) mass is 288 g/mol. The fraction of sp³-hybridized carbons (Fsp3) is 0.650. The number of hydrogen-bond acceptors (Lipinski definition) is 1. The van der Waals surface area contributed by atoms with Gasteiger partial charge in [0.25, 0.3) is 0 Å². The minimum absolute atomic E-state index is 0.340.